The Hall–Kier alpha value is -5.33. The fourth-order valence-corrected chi connectivity index (χ4v) is 12.2. The number of ether oxygens (including phenoxy) is 4. The van der Waals surface area contributed by atoms with Crippen molar-refractivity contribution in [3.8, 4) is 39.5 Å². The van der Waals surface area contributed by atoms with E-state index in [0.717, 1.165) is 46.3 Å². The number of amides is 4. The van der Waals surface area contributed by atoms with Crippen LogP contribution in [0.3, 0.4) is 0 Å². The standard InChI is InChI=1S/C52H58FN9O8S.4H2S/c1-27(2)44(58-51(65)67-3)48(63)60-17-5-7-37(60)47-55-26-35(57-47)31-22-33(53)43-39-23-32-21-30(11-12-36(32)62(39)50(70-40(43)24-31)42-14-13-41(71-42)28-9-10-28)34-25-54-46(56-34)38-8-6-18-61(38)49(64)45(59-52(66)68-4)29-15-19-69-20-16-29;;;;/h11-14,21-29,37-38,44-45,50H,5-10,15-20H2,1-4H3,(H,54,56)(H,55,57)(H,58,65)(H,59,66);4*1H2/t37-,38-,44-,45-,50?;;;;/m0..../s1. The molecule has 23 heteroatoms. The van der Waals surface area contributed by atoms with Gasteiger partial charge in [-0.1, -0.05) is 19.9 Å². The van der Waals surface area contributed by atoms with Gasteiger partial charge in [0.2, 0.25) is 18.0 Å². The van der Waals surface area contributed by atoms with E-state index in [1.807, 2.05) is 43.0 Å². The highest BCUT2D eigenvalue weighted by Gasteiger charge is 2.42. The monoisotopic (exact) mass is 1120 g/mol. The quantitative estimate of drug-likeness (QED) is 0.0916. The summed E-state index contributed by atoms with van der Waals surface area (Å²) in [5, 5.41) is 6.40. The lowest BCUT2D eigenvalue weighted by atomic mass is 9.90. The fourth-order valence-electron chi connectivity index (χ4n) is 11.0. The number of nitrogens with one attached hydrogen (secondary N) is 4. The van der Waals surface area contributed by atoms with Crippen molar-refractivity contribution in [2.75, 3.05) is 40.5 Å². The summed E-state index contributed by atoms with van der Waals surface area (Å²) in [6, 6.07) is 13.7. The van der Waals surface area contributed by atoms with Gasteiger partial charge in [0, 0.05) is 47.7 Å². The fraction of sp³-hybridized carbons (Fsp3) is 0.462. The molecular weight excluding hydrogens is 1060 g/mol. The van der Waals surface area contributed by atoms with Crippen molar-refractivity contribution in [3.63, 3.8) is 0 Å². The summed E-state index contributed by atoms with van der Waals surface area (Å²) in [7, 11) is 2.57. The third-order valence-corrected chi connectivity index (χ3v) is 16.1. The van der Waals surface area contributed by atoms with Crippen LogP contribution in [-0.2, 0) is 23.8 Å². The van der Waals surface area contributed by atoms with Crippen molar-refractivity contribution in [1.82, 2.24) is 44.9 Å². The first-order valence-electron chi connectivity index (χ1n) is 24.7. The number of methoxy groups -OCH3 is 2. The molecule has 5 atom stereocenters. The maximum absolute atomic E-state index is 17.0. The van der Waals surface area contributed by atoms with Crippen LogP contribution in [0.5, 0.6) is 5.75 Å². The van der Waals surface area contributed by atoms with E-state index in [1.54, 1.807) is 28.6 Å². The number of likely N-dealkylation sites (tertiary alicyclic amines) is 2. The van der Waals surface area contributed by atoms with Crippen LogP contribution < -0.4 is 15.4 Å². The zero-order valence-electron chi connectivity index (χ0n) is 42.2. The first-order chi connectivity index (χ1) is 34.5. The average Bonchev–Trinajstić information content (AvgIpc) is 4.11. The summed E-state index contributed by atoms with van der Waals surface area (Å²) in [5.41, 5.74) is 4.70. The van der Waals surface area contributed by atoms with Gasteiger partial charge in [0.05, 0.1) is 71.7 Å². The number of hydrogen-bond acceptors (Lipinski definition) is 11. The van der Waals surface area contributed by atoms with Gasteiger partial charge in [-0.3, -0.25) is 14.2 Å². The van der Waals surface area contributed by atoms with Crippen molar-refractivity contribution in [2.45, 2.75) is 102 Å². The van der Waals surface area contributed by atoms with Crippen molar-refractivity contribution in [1.29, 1.82) is 0 Å². The van der Waals surface area contributed by atoms with E-state index in [4.69, 9.17) is 28.9 Å². The van der Waals surface area contributed by atoms with Crippen molar-refractivity contribution < 1.29 is 42.5 Å². The third kappa shape index (κ3) is 11.1. The highest BCUT2D eigenvalue weighted by molar-refractivity contribution is 7.59. The molecule has 1 unspecified atom stereocenters. The molecule has 4 N–H and O–H groups in total. The molecule has 4 amide bonds. The van der Waals surface area contributed by atoms with E-state index >= 15 is 4.39 Å². The lowest BCUT2D eigenvalue weighted by molar-refractivity contribution is -0.137. The Morgan fingerprint density at radius 2 is 1.36 bits per heavy atom. The molecule has 6 aromatic rings. The predicted octanol–water partition coefficient (Wildman–Crippen LogP) is 9.42. The lowest BCUT2D eigenvalue weighted by Gasteiger charge is -2.34. The molecule has 0 spiro atoms. The summed E-state index contributed by atoms with van der Waals surface area (Å²) in [6.07, 6.45) is 8.19. The normalized spacial score (nSPS) is 19.8. The van der Waals surface area contributed by atoms with E-state index in [9.17, 15) is 19.2 Å². The number of halogens is 1. The van der Waals surface area contributed by atoms with Crippen molar-refractivity contribution in [3.05, 3.63) is 88.1 Å². The topological polar surface area (TPSA) is 198 Å². The molecule has 4 fully saturated rings. The molecule has 2 aromatic carbocycles. The van der Waals surface area contributed by atoms with Crippen LogP contribution in [0.1, 0.15) is 111 Å². The zero-order valence-corrected chi connectivity index (χ0v) is 47.0. The molecular formula is C52H66FN9O8S5. The van der Waals surface area contributed by atoms with Crippen LogP contribution >= 0.6 is 65.3 Å². The molecule has 0 bridgehead atoms. The predicted molar refractivity (Wildman–Crippen MR) is 303 cm³/mol. The number of thiophene rings is 1. The van der Waals surface area contributed by atoms with Gasteiger partial charge in [-0.05, 0) is 112 Å². The van der Waals surface area contributed by atoms with Gasteiger partial charge in [-0.25, -0.2) is 23.9 Å². The minimum Gasteiger partial charge on any atom is -0.464 e. The zero-order chi connectivity index (χ0) is 49.1. The highest BCUT2D eigenvalue weighted by Crippen LogP contribution is 2.50. The van der Waals surface area contributed by atoms with E-state index in [0.29, 0.717) is 91.4 Å². The number of carbonyl (C=O) groups excluding carboxylic acids is 4. The number of hydrogen-bond donors (Lipinski definition) is 4. The van der Waals surface area contributed by atoms with E-state index < -0.39 is 36.3 Å². The second-order valence-corrected chi connectivity index (χ2v) is 20.8. The number of aromatic nitrogens is 5. The maximum atomic E-state index is 17.0. The van der Waals surface area contributed by atoms with Gasteiger partial charge in [0.25, 0.3) is 0 Å². The summed E-state index contributed by atoms with van der Waals surface area (Å²) in [5.74, 6) is 1.14. The highest BCUT2D eigenvalue weighted by atomic mass is 32.1. The van der Waals surface area contributed by atoms with Crippen molar-refractivity contribution >= 4 is 100 Å². The summed E-state index contributed by atoms with van der Waals surface area (Å²) < 4.78 is 41.2. The van der Waals surface area contributed by atoms with E-state index in [2.05, 4.69) is 43.4 Å². The van der Waals surface area contributed by atoms with E-state index in [-0.39, 0.29) is 89.7 Å². The van der Waals surface area contributed by atoms with Gasteiger partial charge in [-0.2, -0.15) is 54.0 Å². The molecule has 5 aliphatic rings. The van der Waals surface area contributed by atoms with Crippen molar-refractivity contribution in [2.24, 2.45) is 11.8 Å². The smallest absolute Gasteiger partial charge is 0.407 e. The molecule has 0 radical (unpaired) electrons. The molecule has 1 aliphatic carbocycles. The third-order valence-electron chi connectivity index (χ3n) is 14.9. The minimum atomic E-state index is -0.769. The number of H-pyrrole nitrogens is 2. The molecule has 404 valence electrons. The Morgan fingerprint density at radius 1 is 0.747 bits per heavy atom. The van der Waals surface area contributed by atoms with Gasteiger partial charge >= 0.3 is 12.2 Å². The van der Waals surface area contributed by atoms with Gasteiger partial charge in [0.1, 0.15) is 35.3 Å². The Morgan fingerprint density at radius 3 is 1.99 bits per heavy atom. The molecule has 4 aromatic heterocycles. The Bertz CT molecular complexity index is 3020. The number of fused-ring (bicyclic) bond motifs is 5. The van der Waals surface area contributed by atoms with E-state index in [1.165, 1.54) is 38.0 Å². The second-order valence-electron chi connectivity index (χ2n) is 19.7. The molecule has 11 rings (SSSR count). The summed E-state index contributed by atoms with van der Waals surface area (Å²) in [6.45, 7) is 5.86. The average molecular weight is 1120 g/mol. The lowest BCUT2D eigenvalue weighted by Crippen LogP contribution is -2.53. The molecule has 75 heavy (non-hydrogen) atoms. The van der Waals surface area contributed by atoms with Gasteiger partial charge < -0.3 is 49.3 Å². The molecule has 4 aliphatic heterocycles. The molecule has 1 saturated carbocycles. The number of rotatable bonds is 12. The molecule has 17 nitrogen and oxygen atoms in total. The number of nitrogens with zero attached hydrogens (tertiary/aromatic N) is 5. The Labute approximate surface area is 466 Å². The first kappa shape index (κ1) is 57.4. The molecule has 3 saturated heterocycles. The largest absolute Gasteiger partial charge is 0.464 e. The SMILES string of the molecule is COC(=O)N[C@H](C(=O)N1CCC[C@H]1c1ncc(-c2cc(F)c3c(c2)OC(c2ccc(C4CC4)s2)n2c-3cc3cc(-c4cnc([C@@H]5CCCN5C(=O)[C@@H](NC(=O)OC)C5CCOCC5)[nH]4)ccc32)[nH]1)C(C)C.S.S.S.S. The number of alkyl carbamates (subject to hydrolysis) is 2. The number of benzene rings is 2. The number of aromatic amines is 2. The van der Waals surface area contributed by atoms with Gasteiger partial charge in [-0.15, -0.1) is 11.3 Å². The molecule has 8 heterocycles. The van der Waals surface area contributed by atoms with Crippen LogP contribution in [0.25, 0.3) is 44.7 Å². The van der Waals surface area contributed by atoms with Crippen LogP contribution in [0.4, 0.5) is 14.0 Å². The minimum absolute atomic E-state index is 0. The van der Waals surface area contributed by atoms with Crippen LogP contribution in [0.2, 0.25) is 0 Å². The number of carbonyl (C=O) groups is 4. The number of imidazole rings is 2. The second kappa shape index (κ2) is 23.9. The van der Waals surface area contributed by atoms with Crippen LogP contribution in [0, 0.1) is 17.7 Å². The van der Waals surface area contributed by atoms with Gasteiger partial charge in [0.15, 0.2) is 0 Å². The summed E-state index contributed by atoms with van der Waals surface area (Å²) >= 11 is 1.73. The van der Waals surface area contributed by atoms with Crippen LogP contribution in [0.15, 0.2) is 60.9 Å². The summed E-state index contributed by atoms with van der Waals surface area (Å²) in [4.78, 5) is 75.0. The Balaban J connectivity index is 0.00000205. The maximum Gasteiger partial charge on any atom is 0.407 e. The first-order valence-corrected chi connectivity index (χ1v) is 25.5. The Kier molecular flexibility index (Phi) is 18.3. The van der Waals surface area contributed by atoms with Crippen LogP contribution in [-0.4, -0.2) is 111 Å².